The van der Waals surface area contributed by atoms with Crippen molar-refractivity contribution in [3.05, 3.63) is 12.1 Å². The van der Waals surface area contributed by atoms with E-state index in [-0.39, 0.29) is 18.2 Å². The zero-order valence-electron chi connectivity index (χ0n) is 9.66. The van der Waals surface area contributed by atoms with E-state index in [1.165, 1.54) is 0 Å². The normalized spacial score (nSPS) is 28.6. The van der Waals surface area contributed by atoms with E-state index in [4.69, 9.17) is 19.9 Å². The van der Waals surface area contributed by atoms with E-state index in [1.807, 2.05) is 0 Å². The van der Waals surface area contributed by atoms with E-state index in [0.29, 0.717) is 18.0 Å². The molecule has 0 aliphatic carbocycles. The summed E-state index contributed by atoms with van der Waals surface area (Å²) in [7, 11) is 3.17. The first-order chi connectivity index (χ1) is 8.27. The second-order valence-corrected chi connectivity index (χ2v) is 3.67. The van der Waals surface area contributed by atoms with E-state index in [0.717, 1.165) is 0 Å². The van der Waals surface area contributed by atoms with Gasteiger partial charge in [0.2, 0.25) is 5.82 Å². The van der Waals surface area contributed by atoms with Gasteiger partial charge in [-0.2, -0.15) is 5.21 Å². The van der Waals surface area contributed by atoms with Crippen LogP contribution in [0.25, 0.3) is 5.57 Å². The van der Waals surface area contributed by atoms with Crippen molar-refractivity contribution in [1.82, 2.24) is 20.6 Å². The Morgan fingerprint density at radius 3 is 2.94 bits per heavy atom. The third-order valence-corrected chi connectivity index (χ3v) is 2.64. The Kier molecular flexibility index (Phi) is 3.67. The fraction of sp³-hybridized carbons (Fsp3) is 0.667. The molecule has 1 aliphatic rings. The molecule has 0 saturated carbocycles. The molecule has 0 saturated heterocycles. The zero-order chi connectivity index (χ0) is 12.3. The van der Waals surface area contributed by atoms with Crippen LogP contribution in [0.1, 0.15) is 5.82 Å². The van der Waals surface area contributed by atoms with Gasteiger partial charge in [-0.25, -0.2) is 0 Å². The molecule has 94 valence electrons. The Balaban J connectivity index is 2.22. The Hall–Kier alpha value is -1.51. The molecule has 0 aromatic carbocycles. The van der Waals surface area contributed by atoms with Gasteiger partial charge < -0.3 is 19.9 Å². The minimum atomic E-state index is -0.349. The third-order valence-electron chi connectivity index (χ3n) is 2.64. The molecule has 3 N–H and O–H groups in total. The van der Waals surface area contributed by atoms with Crippen molar-refractivity contribution in [3.8, 4) is 0 Å². The van der Waals surface area contributed by atoms with Crippen LogP contribution in [0, 0.1) is 0 Å². The van der Waals surface area contributed by atoms with Crippen LogP contribution >= 0.6 is 0 Å². The molecule has 0 unspecified atom stereocenters. The van der Waals surface area contributed by atoms with Gasteiger partial charge in [-0.3, -0.25) is 0 Å². The van der Waals surface area contributed by atoms with E-state index >= 15 is 0 Å². The highest BCUT2D eigenvalue weighted by Crippen LogP contribution is 2.25. The van der Waals surface area contributed by atoms with Gasteiger partial charge in [-0.15, -0.1) is 10.2 Å². The first kappa shape index (κ1) is 12.0. The van der Waals surface area contributed by atoms with Gasteiger partial charge in [0.15, 0.2) is 0 Å². The summed E-state index contributed by atoms with van der Waals surface area (Å²) in [5.74, 6) is 0.420. The predicted octanol–water partition coefficient (Wildman–Crippen LogP) is -1.07. The molecule has 3 atom stereocenters. The molecule has 2 heterocycles. The zero-order valence-corrected chi connectivity index (χ0v) is 9.66. The van der Waals surface area contributed by atoms with Gasteiger partial charge >= 0.3 is 0 Å². The van der Waals surface area contributed by atoms with Gasteiger partial charge in [-0.05, 0) is 5.21 Å². The molecule has 1 aromatic rings. The number of ether oxygens (including phenoxy) is 3. The van der Waals surface area contributed by atoms with Crippen LogP contribution in [0.15, 0.2) is 6.26 Å². The number of hydrogen-bond acceptors (Lipinski definition) is 7. The number of nitrogens with one attached hydrogen (secondary N) is 1. The summed E-state index contributed by atoms with van der Waals surface area (Å²) in [4.78, 5) is 0. The highest BCUT2D eigenvalue weighted by molar-refractivity contribution is 5.63. The van der Waals surface area contributed by atoms with Gasteiger partial charge in [0, 0.05) is 14.2 Å². The molecule has 0 bridgehead atoms. The number of aromatic amines is 1. The molecule has 8 nitrogen and oxygen atoms in total. The van der Waals surface area contributed by atoms with Gasteiger partial charge in [0.05, 0.1) is 24.5 Å². The smallest absolute Gasteiger partial charge is 0.206 e. The van der Waals surface area contributed by atoms with E-state index < -0.39 is 0 Å². The third kappa shape index (κ3) is 2.28. The summed E-state index contributed by atoms with van der Waals surface area (Å²) in [5.41, 5.74) is 6.73. The first-order valence-electron chi connectivity index (χ1n) is 5.14. The number of aromatic nitrogens is 4. The number of hydrogen-bond donors (Lipinski definition) is 2. The fourth-order valence-electron chi connectivity index (χ4n) is 1.78. The molecular formula is C9H15N5O3. The average molecular weight is 241 g/mol. The molecule has 0 radical (unpaired) electrons. The lowest BCUT2D eigenvalue weighted by atomic mass is 9.96. The minimum Gasteiger partial charge on any atom is -0.493 e. The second-order valence-electron chi connectivity index (χ2n) is 3.67. The molecule has 0 amide bonds. The van der Waals surface area contributed by atoms with Gasteiger partial charge in [0.1, 0.15) is 12.2 Å². The minimum absolute atomic E-state index is 0.249. The number of methoxy groups -OCH3 is 2. The summed E-state index contributed by atoms with van der Waals surface area (Å²) < 4.78 is 15.9. The fourth-order valence-corrected chi connectivity index (χ4v) is 1.78. The molecule has 8 heteroatoms. The summed E-state index contributed by atoms with van der Waals surface area (Å²) in [6.07, 6.45) is 0.952. The Morgan fingerprint density at radius 2 is 2.35 bits per heavy atom. The van der Waals surface area contributed by atoms with Crippen molar-refractivity contribution in [2.45, 2.75) is 18.2 Å². The Bertz CT molecular complexity index is 380. The maximum absolute atomic E-state index is 6.06. The van der Waals surface area contributed by atoms with Crippen molar-refractivity contribution in [1.29, 1.82) is 0 Å². The lowest BCUT2D eigenvalue weighted by Crippen LogP contribution is -2.51. The topological polar surface area (TPSA) is 108 Å². The van der Waals surface area contributed by atoms with Crippen LogP contribution in [-0.4, -0.2) is 59.7 Å². The van der Waals surface area contributed by atoms with Crippen LogP contribution in [-0.2, 0) is 14.2 Å². The predicted molar refractivity (Wildman–Crippen MR) is 57.7 cm³/mol. The van der Waals surface area contributed by atoms with Crippen LogP contribution in [0.5, 0.6) is 0 Å². The van der Waals surface area contributed by atoms with Crippen molar-refractivity contribution >= 4 is 5.57 Å². The summed E-state index contributed by atoms with van der Waals surface area (Å²) in [6.45, 7) is 0.400. The Morgan fingerprint density at radius 1 is 1.53 bits per heavy atom. The van der Waals surface area contributed by atoms with Gasteiger partial charge in [0.25, 0.3) is 0 Å². The molecular weight excluding hydrogens is 226 g/mol. The largest absolute Gasteiger partial charge is 0.493 e. The standard InChI is InChI=1S/C9H15N5O3/c1-15-4-6-7(10)8(16-2)5(3-17-6)9-11-13-14-12-9/h3,6-8H,4,10H2,1-2H3,(H,11,12,13,14)/t6-,7+,8-/m1/s1. The Labute approximate surface area is 98.1 Å². The molecule has 1 aromatic heterocycles. The van der Waals surface area contributed by atoms with Gasteiger partial charge in [-0.1, -0.05) is 0 Å². The summed E-state index contributed by atoms with van der Waals surface area (Å²) in [5, 5.41) is 13.6. The van der Waals surface area contributed by atoms with Crippen LogP contribution < -0.4 is 5.73 Å². The maximum Gasteiger partial charge on any atom is 0.206 e. The van der Waals surface area contributed by atoms with Crippen molar-refractivity contribution < 1.29 is 14.2 Å². The number of nitrogens with two attached hydrogens (primary N) is 1. The lowest BCUT2D eigenvalue weighted by molar-refractivity contribution is -0.0130. The lowest BCUT2D eigenvalue weighted by Gasteiger charge is -2.33. The van der Waals surface area contributed by atoms with E-state index in [1.54, 1.807) is 20.5 Å². The summed E-state index contributed by atoms with van der Waals surface area (Å²) >= 11 is 0. The monoisotopic (exact) mass is 241 g/mol. The SMILES string of the molecule is COC[C@H]1OC=C(c2nn[nH]n2)[C@@H](OC)[C@H]1N. The van der Waals surface area contributed by atoms with E-state index in [2.05, 4.69) is 20.6 Å². The van der Waals surface area contributed by atoms with Crippen molar-refractivity contribution in [2.24, 2.45) is 5.73 Å². The molecule has 1 aliphatic heterocycles. The number of tetrazole rings is 1. The maximum atomic E-state index is 6.06. The molecule has 0 fully saturated rings. The average Bonchev–Trinajstić information content (AvgIpc) is 2.85. The summed E-state index contributed by atoms with van der Waals surface area (Å²) in [6, 6.07) is -0.349. The highest BCUT2D eigenvalue weighted by Gasteiger charge is 2.36. The van der Waals surface area contributed by atoms with Crippen molar-refractivity contribution in [2.75, 3.05) is 20.8 Å². The quantitative estimate of drug-likeness (QED) is 0.690. The number of rotatable bonds is 4. The van der Waals surface area contributed by atoms with Crippen LogP contribution in [0.3, 0.4) is 0 Å². The van der Waals surface area contributed by atoms with Crippen molar-refractivity contribution in [3.63, 3.8) is 0 Å². The molecule has 0 spiro atoms. The molecule has 2 rings (SSSR count). The van der Waals surface area contributed by atoms with E-state index in [9.17, 15) is 0 Å². The number of H-pyrrole nitrogens is 1. The highest BCUT2D eigenvalue weighted by atomic mass is 16.5. The first-order valence-corrected chi connectivity index (χ1v) is 5.14. The second kappa shape index (κ2) is 5.21. The van der Waals surface area contributed by atoms with Crippen LogP contribution in [0.4, 0.5) is 0 Å². The molecule has 17 heavy (non-hydrogen) atoms. The number of nitrogens with zero attached hydrogens (tertiary/aromatic N) is 3. The van der Waals surface area contributed by atoms with Crippen LogP contribution in [0.2, 0.25) is 0 Å².